The largest absolute Gasteiger partial charge is 0.480 e. The molecule has 0 radical (unpaired) electrons. The summed E-state index contributed by atoms with van der Waals surface area (Å²) in [5.41, 5.74) is 7.96. The zero-order valence-electron chi connectivity index (χ0n) is 7.36. The second-order valence-corrected chi connectivity index (χ2v) is 2.96. The van der Waals surface area contributed by atoms with E-state index in [1.165, 1.54) is 0 Å². The third-order valence-electron chi connectivity index (χ3n) is 2.10. The molecule has 1 rings (SSSR count). The standard InChI is InChI=1S/C7H13N3O3/c1-2-10-4(3-5(11)9-10)6(8)7(12)13/h4,6H,2-3,8H2,1H3,(H,9,11)(H,12,13)/t4-,6-/m1/s1. The van der Waals surface area contributed by atoms with E-state index >= 15 is 0 Å². The Labute approximate surface area is 75.7 Å². The van der Waals surface area contributed by atoms with Crippen molar-refractivity contribution >= 4 is 11.9 Å². The lowest BCUT2D eigenvalue weighted by molar-refractivity contribution is -0.140. The second-order valence-electron chi connectivity index (χ2n) is 2.96. The third kappa shape index (κ3) is 1.96. The molecule has 1 aliphatic heterocycles. The predicted molar refractivity (Wildman–Crippen MR) is 44.5 cm³/mol. The highest BCUT2D eigenvalue weighted by molar-refractivity contribution is 5.81. The summed E-state index contributed by atoms with van der Waals surface area (Å²) in [7, 11) is 0. The number of carboxylic acids is 1. The molecule has 0 aromatic heterocycles. The van der Waals surface area contributed by atoms with Crippen molar-refractivity contribution in [1.82, 2.24) is 10.4 Å². The van der Waals surface area contributed by atoms with Gasteiger partial charge in [-0.2, -0.15) is 0 Å². The van der Waals surface area contributed by atoms with Crippen molar-refractivity contribution in [2.24, 2.45) is 5.73 Å². The number of carbonyl (C=O) groups excluding carboxylic acids is 1. The number of carbonyl (C=O) groups is 2. The maximum absolute atomic E-state index is 10.9. The molecule has 13 heavy (non-hydrogen) atoms. The summed E-state index contributed by atoms with van der Waals surface area (Å²) in [4.78, 5) is 21.5. The van der Waals surface area contributed by atoms with Gasteiger partial charge in [-0.25, -0.2) is 5.01 Å². The number of aliphatic carboxylic acids is 1. The van der Waals surface area contributed by atoms with Crippen LogP contribution in [0, 0.1) is 0 Å². The van der Waals surface area contributed by atoms with Gasteiger partial charge in [0.15, 0.2) is 0 Å². The molecule has 1 saturated heterocycles. The summed E-state index contributed by atoms with van der Waals surface area (Å²) in [5, 5.41) is 10.2. The number of amides is 1. The smallest absolute Gasteiger partial charge is 0.322 e. The Balaban J connectivity index is 2.67. The Kier molecular flexibility index (Phi) is 2.84. The van der Waals surface area contributed by atoms with Gasteiger partial charge in [0.25, 0.3) is 0 Å². The summed E-state index contributed by atoms with van der Waals surface area (Å²) in [6.07, 6.45) is 0.154. The van der Waals surface area contributed by atoms with Gasteiger partial charge in [-0.3, -0.25) is 15.0 Å². The molecule has 74 valence electrons. The minimum absolute atomic E-state index is 0.154. The van der Waals surface area contributed by atoms with Crippen LogP contribution in [0.2, 0.25) is 0 Å². The molecule has 2 atom stereocenters. The molecule has 1 aliphatic rings. The number of likely N-dealkylation sites (N-methyl/N-ethyl adjacent to an activating group) is 1. The fourth-order valence-corrected chi connectivity index (χ4v) is 1.39. The molecule has 0 aromatic rings. The first-order chi connectivity index (χ1) is 6.06. The van der Waals surface area contributed by atoms with E-state index in [1.807, 2.05) is 6.92 Å². The highest BCUT2D eigenvalue weighted by Gasteiger charge is 2.36. The van der Waals surface area contributed by atoms with Crippen molar-refractivity contribution in [2.75, 3.05) is 6.54 Å². The van der Waals surface area contributed by atoms with Crippen molar-refractivity contribution in [3.63, 3.8) is 0 Å². The van der Waals surface area contributed by atoms with Gasteiger partial charge < -0.3 is 10.8 Å². The van der Waals surface area contributed by atoms with E-state index in [0.29, 0.717) is 6.54 Å². The zero-order valence-corrected chi connectivity index (χ0v) is 7.36. The van der Waals surface area contributed by atoms with Gasteiger partial charge in [-0.1, -0.05) is 6.92 Å². The topological polar surface area (TPSA) is 95.7 Å². The molecule has 0 aliphatic carbocycles. The Morgan fingerprint density at radius 2 is 2.54 bits per heavy atom. The highest BCUT2D eigenvalue weighted by atomic mass is 16.4. The monoisotopic (exact) mass is 187 g/mol. The lowest BCUT2D eigenvalue weighted by Crippen LogP contribution is -2.51. The Morgan fingerprint density at radius 1 is 1.92 bits per heavy atom. The maximum Gasteiger partial charge on any atom is 0.322 e. The quantitative estimate of drug-likeness (QED) is 0.501. The van der Waals surface area contributed by atoms with Gasteiger partial charge in [0.2, 0.25) is 5.91 Å². The van der Waals surface area contributed by atoms with Crippen molar-refractivity contribution < 1.29 is 14.7 Å². The van der Waals surface area contributed by atoms with Crippen LogP contribution in [0.4, 0.5) is 0 Å². The summed E-state index contributed by atoms with van der Waals surface area (Å²) >= 11 is 0. The lowest BCUT2D eigenvalue weighted by atomic mass is 10.1. The van der Waals surface area contributed by atoms with Crippen molar-refractivity contribution in [1.29, 1.82) is 0 Å². The molecule has 0 spiro atoms. The molecular formula is C7H13N3O3. The molecule has 1 heterocycles. The van der Waals surface area contributed by atoms with Crippen LogP contribution in [0.3, 0.4) is 0 Å². The first kappa shape index (κ1) is 9.94. The first-order valence-corrected chi connectivity index (χ1v) is 4.10. The van der Waals surface area contributed by atoms with E-state index in [2.05, 4.69) is 5.43 Å². The van der Waals surface area contributed by atoms with Crippen LogP contribution in [0.15, 0.2) is 0 Å². The molecule has 1 fully saturated rings. The number of nitrogens with zero attached hydrogens (tertiary/aromatic N) is 1. The molecule has 0 unspecified atom stereocenters. The Hall–Kier alpha value is -1.14. The minimum atomic E-state index is -1.08. The molecule has 6 nitrogen and oxygen atoms in total. The molecule has 6 heteroatoms. The Morgan fingerprint density at radius 3 is 3.00 bits per heavy atom. The van der Waals surface area contributed by atoms with Crippen LogP contribution in [-0.4, -0.2) is 40.6 Å². The molecule has 0 aromatic carbocycles. The summed E-state index contributed by atoms with van der Waals surface area (Å²) < 4.78 is 0. The number of hydrazine groups is 1. The van der Waals surface area contributed by atoms with E-state index in [1.54, 1.807) is 5.01 Å². The average molecular weight is 187 g/mol. The van der Waals surface area contributed by atoms with Gasteiger partial charge in [0.1, 0.15) is 6.04 Å². The van der Waals surface area contributed by atoms with Crippen molar-refractivity contribution in [3.8, 4) is 0 Å². The molecule has 4 N–H and O–H groups in total. The first-order valence-electron chi connectivity index (χ1n) is 4.10. The summed E-state index contributed by atoms with van der Waals surface area (Å²) in [6.45, 7) is 2.38. The fourth-order valence-electron chi connectivity index (χ4n) is 1.39. The van der Waals surface area contributed by atoms with Gasteiger partial charge >= 0.3 is 5.97 Å². The number of hydrogen-bond donors (Lipinski definition) is 3. The van der Waals surface area contributed by atoms with Crippen LogP contribution >= 0.6 is 0 Å². The summed E-state index contributed by atoms with van der Waals surface area (Å²) in [6, 6.07) is -1.45. The molecule has 0 bridgehead atoms. The Bertz CT molecular complexity index is 229. The summed E-state index contributed by atoms with van der Waals surface area (Å²) in [5.74, 6) is -1.26. The van der Waals surface area contributed by atoms with Crippen LogP contribution in [0.1, 0.15) is 13.3 Å². The minimum Gasteiger partial charge on any atom is -0.480 e. The second kappa shape index (κ2) is 3.71. The number of rotatable bonds is 3. The number of carboxylic acid groups (broad SMARTS) is 1. The molecular weight excluding hydrogens is 174 g/mol. The van der Waals surface area contributed by atoms with Crippen molar-refractivity contribution in [2.45, 2.75) is 25.4 Å². The van der Waals surface area contributed by atoms with E-state index in [4.69, 9.17) is 10.8 Å². The van der Waals surface area contributed by atoms with E-state index in [-0.39, 0.29) is 12.3 Å². The average Bonchev–Trinajstić information content (AvgIpc) is 2.45. The van der Waals surface area contributed by atoms with Crippen LogP contribution < -0.4 is 11.2 Å². The zero-order chi connectivity index (χ0) is 10.0. The highest BCUT2D eigenvalue weighted by Crippen LogP contribution is 2.12. The molecule has 0 saturated carbocycles. The number of nitrogens with two attached hydrogens (primary N) is 1. The van der Waals surface area contributed by atoms with Crippen LogP contribution in [0.25, 0.3) is 0 Å². The van der Waals surface area contributed by atoms with E-state index in [9.17, 15) is 9.59 Å². The maximum atomic E-state index is 10.9. The van der Waals surface area contributed by atoms with E-state index in [0.717, 1.165) is 0 Å². The normalized spacial score (nSPS) is 25.7. The van der Waals surface area contributed by atoms with Gasteiger partial charge in [-0.05, 0) is 0 Å². The number of hydrogen-bond acceptors (Lipinski definition) is 4. The predicted octanol–water partition coefficient (Wildman–Crippen LogP) is -1.48. The van der Waals surface area contributed by atoms with Crippen LogP contribution in [0.5, 0.6) is 0 Å². The van der Waals surface area contributed by atoms with Crippen molar-refractivity contribution in [3.05, 3.63) is 0 Å². The van der Waals surface area contributed by atoms with Gasteiger partial charge in [0, 0.05) is 13.0 Å². The SMILES string of the molecule is CCN1NC(=O)C[C@@H]1[C@@H](N)C(=O)O. The number of nitrogens with one attached hydrogen (secondary N) is 1. The lowest BCUT2D eigenvalue weighted by Gasteiger charge is -2.23. The van der Waals surface area contributed by atoms with Gasteiger partial charge in [0.05, 0.1) is 6.04 Å². The third-order valence-corrected chi connectivity index (χ3v) is 2.10. The molecule has 1 amide bonds. The fraction of sp³-hybridized carbons (Fsp3) is 0.714. The van der Waals surface area contributed by atoms with Gasteiger partial charge in [-0.15, -0.1) is 0 Å². The van der Waals surface area contributed by atoms with E-state index < -0.39 is 18.1 Å². The van der Waals surface area contributed by atoms with Crippen LogP contribution in [-0.2, 0) is 9.59 Å².